The van der Waals surface area contributed by atoms with Gasteiger partial charge in [0.1, 0.15) is 0 Å². The van der Waals surface area contributed by atoms with Crippen LogP contribution in [-0.4, -0.2) is 22.5 Å². The topological polar surface area (TPSA) is 64.1 Å². The first-order valence-corrected chi connectivity index (χ1v) is 7.90. The zero-order valence-corrected chi connectivity index (χ0v) is 13.2. The van der Waals surface area contributed by atoms with Gasteiger partial charge in [0, 0.05) is 16.3 Å². The van der Waals surface area contributed by atoms with Crippen LogP contribution in [0.1, 0.15) is 23.1 Å². The highest BCUT2D eigenvalue weighted by atomic mass is 32.1. The molecule has 3 rings (SSSR count). The van der Waals surface area contributed by atoms with Crippen molar-refractivity contribution in [3.63, 3.8) is 0 Å². The van der Waals surface area contributed by atoms with Crippen LogP contribution in [0.15, 0.2) is 36.5 Å². The molecule has 0 atom stereocenters. The first-order valence-electron chi connectivity index (χ1n) is 7.08. The molecule has 0 aliphatic heterocycles. The molecule has 1 N–H and O–H groups in total. The predicted molar refractivity (Wildman–Crippen MR) is 87.1 cm³/mol. The minimum absolute atomic E-state index is 0.303. The van der Waals surface area contributed by atoms with Gasteiger partial charge in [0.25, 0.3) is 0 Å². The molecule has 0 spiro atoms. The number of thiophene rings is 1. The Morgan fingerprint density at radius 1 is 1.39 bits per heavy atom. The van der Waals surface area contributed by atoms with E-state index in [1.165, 1.54) is 17.4 Å². The quantitative estimate of drug-likeness (QED) is 0.571. The van der Waals surface area contributed by atoms with Crippen molar-refractivity contribution in [1.29, 1.82) is 0 Å². The average molecular weight is 331 g/mol. The molecule has 0 bridgehead atoms. The van der Waals surface area contributed by atoms with E-state index in [0.717, 1.165) is 15.1 Å². The molecule has 0 aliphatic rings. The Morgan fingerprint density at radius 3 is 3.04 bits per heavy atom. The second-order valence-electron chi connectivity index (χ2n) is 4.71. The summed E-state index contributed by atoms with van der Waals surface area (Å²) in [7, 11) is 0. The summed E-state index contributed by atoms with van der Waals surface area (Å²) < 4.78 is 19.0. The monoisotopic (exact) mass is 331 g/mol. The number of hydrogen-bond donors (Lipinski definition) is 1. The zero-order valence-electron chi connectivity index (χ0n) is 12.4. The minimum Gasteiger partial charge on any atom is -0.461 e. The second kappa shape index (κ2) is 6.70. The third-order valence-corrected chi connectivity index (χ3v) is 4.19. The molecule has 3 aromatic rings. The molecule has 0 aromatic carbocycles. The summed E-state index contributed by atoms with van der Waals surface area (Å²) in [5.41, 5.74) is 0.906. The molecule has 0 saturated heterocycles. The number of nitrogens with one attached hydrogen (secondary N) is 1. The maximum Gasteiger partial charge on any atom is 0.357 e. The summed E-state index contributed by atoms with van der Waals surface area (Å²) >= 11 is 1.49. The molecule has 3 heterocycles. The lowest BCUT2D eigenvalue weighted by molar-refractivity contribution is 0.0522. The summed E-state index contributed by atoms with van der Waals surface area (Å²) in [5.74, 6) is -0.941. The van der Waals surface area contributed by atoms with Crippen LogP contribution in [0.3, 0.4) is 0 Å². The molecule has 0 aliphatic carbocycles. The van der Waals surface area contributed by atoms with Gasteiger partial charge < -0.3 is 10.1 Å². The third-order valence-electron chi connectivity index (χ3n) is 3.13. The van der Waals surface area contributed by atoms with Gasteiger partial charge in [-0.15, -0.1) is 11.3 Å². The Hall–Kier alpha value is -2.54. The van der Waals surface area contributed by atoms with Gasteiger partial charge in [-0.3, -0.25) is 0 Å². The number of pyridine rings is 2. The maximum atomic E-state index is 13.1. The molecular weight excluding hydrogens is 317 g/mol. The highest BCUT2D eigenvalue weighted by Gasteiger charge is 2.15. The Kier molecular flexibility index (Phi) is 4.47. The Bertz CT molecular complexity index is 850. The van der Waals surface area contributed by atoms with Crippen LogP contribution in [0.5, 0.6) is 0 Å². The normalized spacial score (nSPS) is 10.7. The number of rotatable bonds is 5. The minimum atomic E-state index is -0.505. The molecule has 118 valence electrons. The maximum absolute atomic E-state index is 13.1. The zero-order chi connectivity index (χ0) is 16.2. The summed E-state index contributed by atoms with van der Waals surface area (Å²) in [5, 5.41) is 4.78. The van der Waals surface area contributed by atoms with Gasteiger partial charge in [0.05, 0.1) is 23.8 Å². The van der Waals surface area contributed by atoms with Crippen molar-refractivity contribution >= 4 is 32.4 Å². The van der Waals surface area contributed by atoms with Crippen LogP contribution in [0.4, 0.5) is 9.39 Å². The number of nitrogens with zero attached hydrogens (tertiary/aromatic N) is 2. The molecule has 0 radical (unpaired) electrons. The Labute approximate surface area is 136 Å². The molecule has 5 nitrogen and oxygen atoms in total. The largest absolute Gasteiger partial charge is 0.461 e. The first-order chi connectivity index (χ1) is 11.2. The summed E-state index contributed by atoms with van der Waals surface area (Å²) in [6.45, 7) is 2.45. The van der Waals surface area contributed by atoms with Crippen LogP contribution in [-0.2, 0) is 11.3 Å². The van der Waals surface area contributed by atoms with Crippen molar-refractivity contribution in [3.8, 4) is 0 Å². The van der Waals surface area contributed by atoms with Gasteiger partial charge in [0.2, 0.25) is 5.95 Å². The Balaban J connectivity index is 1.82. The summed E-state index contributed by atoms with van der Waals surface area (Å²) in [6.07, 6.45) is 1.59. The number of carbonyl (C=O) groups is 1. The number of anilines is 1. The van der Waals surface area contributed by atoms with E-state index in [4.69, 9.17) is 4.74 Å². The van der Waals surface area contributed by atoms with Crippen molar-refractivity contribution in [3.05, 3.63) is 53.9 Å². The number of ether oxygens (including phenoxy) is 1. The molecule has 7 heteroatoms. The van der Waals surface area contributed by atoms with Crippen LogP contribution < -0.4 is 5.32 Å². The fourth-order valence-electron chi connectivity index (χ4n) is 2.14. The molecule has 23 heavy (non-hydrogen) atoms. The molecule has 0 saturated carbocycles. The first kappa shape index (κ1) is 15.4. The fourth-order valence-corrected chi connectivity index (χ4v) is 3.09. The van der Waals surface area contributed by atoms with Crippen molar-refractivity contribution < 1.29 is 13.9 Å². The lowest BCUT2D eigenvalue weighted by atomic mass is 10.2. The highest BCUT2D eigenvalue weighted by molar-refractivity contribution is 7.22. The summed E-state index contributed by atoms with van der Waals surface area (Å²) in [4.78, 5) is 19.8. The average Bonchev–Trinajstić information content (AvgIpc) is 2.96. The summed E-state index contributed by atoms with van der Waals surface area (Å²) in [6, 6.07) is 8.36. The van der Waals surface area contributed by atoms with Gasteiger partial charge in [0.15, 0.2) is 5.69 Å². The molecule has 3 aromatic heterocycles. The van der Waals surface area contributed by atoms with Gasteiger partial charge in [-0.1, -0.05) is 6.07 Å². The van der Waals surface area contributed by atoms with Crippen molar-refractivity contribution in [2.45, 2.75) is 13.5 Å². The predicted octanol–water partition coefficient (Wildman–Crippen LogP) is 3.62. The third kappa shape index (κ3) is 3.45. The molecule has 0 fully saturated rings. The fraction of sp³-hybridized carbons (Fsp3) is 0.188. The smallest absolute Gasteiger partial charge is 0.357 e. The van der Waals surface area contributed by atoms with E-state index in [1.807, 2.05) is 12.1 Å². The number of hydrogen-bond acceptors (Lipinski definition) is 6. The van der Waals surface area contributed by atoms with Crippen molar-refractivity contribution in [1.82, 2.24) is 9.97 Å². The van der Waals surface area contributed by atoms with E-state index < -0.39 is 11.9 Å². The SMILES string of the molecule is CCOC(=O)c1nccc2sc(NCc3cccc(F)n3)cc12. The van der Waals surface area contributed by atoms with E-state index in [2.05, 4.69) is 15.3 Å². The number of carbonyl (C=O) groups excluding carboxylic acids is 1. The standard InChI is InChI=1S/C16H14FN3O2S/c1-2-22-16(21)15-11-8-14(23-12(11)6-7-18-15)19-9-10-4-3-5-13(17)20-10/h3-8,19H,2,9H2,1H3. The molecule has 0 amide bonds. The highest BCUT2D eigenvalue weighted by Crippen LogP contribution is 2.31. The number of fused-ring (bicyclic) bond motifs is 1. The van der Waals surface area contributed by atoms with Crippen molar-refractivity contribution in [2.24, 2.45) is 0 Å². The lowest BCUT2D eigenvalue weighted by Crippen LogP contribution is -2.06. The van der Waals surface area contributed by atoms with E-state index in [0.29, 0.717) is 24.5 Å². The van der Waals surface area contributed by atoms with Gasteiger partial charge in [-0.2, -0.15) is 4.39 Å². The molecule has 0 unspecified atom stereocenters. The van der Waals surface area contributed by atoms with Gasteiger partial charge in [-0.05, 0) is 31.2 Å². The van der Waals surface area contributed by atoms with Crippen LogP contribution in [0.2, 0.25) is 0 Å². The van der Waals surface area contributed by atoms with Crippen LogP contribution >= 0.6 is 11.3 Å². The number of esters is 1. The second-order valence-corrected chi connectivity index (χ2v) is 5.79. The van der Waals surface area contributed by atoms with Gasteiger partial charge >= 0.3 is 5.97 Å². The van der Waals surface area contributed by atoms with E-state index in [1.54, 1.807) is 25.3 Å². The number of aromatic nitrogens is 2. The van der Waals surface area contributed by atoms with E-state index in [9.17, 15) is 9.18 Å². The van der Waals surface area contributed by atoms with E-state index >= 15 is 0 Å². The number of halogens is 1. The van der Waals surface area contributed by atoms with Crippen LogP contribution in [0, 0.1) is 5.95 Å². The van der Waals surface area contributed by atoms with Crippen molar-refractivity contribution in [2.75, 3.05) is 11.9 Å². The van der Waals surface area contributed by atoms with E-state index in [-0.39, 0.29) is 0 Å². The van der Waals surface area contributed by atoms with Gasteiger partial charge in [-0.25, -0.2) is 14.8 Å². The molecular formula is C16H14FN3O2S. The lowest BCUT2D eigenvalue weighted by Gasteiger charge is -2.02. The Morgan fingerprint density at radius 2 is 2.26 bits per heavy atom. The van der Waals surface area contributed by atoms with Crippen LogP contribution in [0.25, 0.3) is 10.1 Å².